The maximum Gasteiger partial charge on any atom is 0.215 e. The normalized spacial score (nSPS) is 17.5. The summed E-state index contributed by atoms with van der Waals surface area (Å²) in [5.74, 6) is 1.19. The van der Waals surface area contributed by atoms with Crippen LogP contribution < -0.4 is 10.5 Å². The van der Waals surface area contributed by atoms with Gasteiger partial charge in [0.25, 0.3) is 0 Å². The molecule has 2 N–H and O–H groups in total. The van der Waals surface area contributed by atoms with Crippen molar-refractivity contribution in [3.8, 4) is 5.88 Å². The number of nitrogens with two attached hydrogens (primary N) is 1. The van der Waals surface area contributed by atoms with E-state index in [1.54, 1.807) is 7.11 Å². The van der Waals surface area contributed by atoms with Crippen LogP contribution in [-0.4, -0.2) is 21.6 Å². The molecular formula is C14H20N4O. The molecule has 19 heavy (non-hydrogen) atoms. The number of pyridine rings is 1. The van der Waals surface area contributed by atoms with E-state index >= 15 is 0 Å². The molecule has 0 unspecified atom stereocenters. The summed E-state index contributed by atoms with van der Waals surface area (Å²) in [6.07, 6.45) is 7.48. The van der Waals surface area contributed by atoms with Crippen LogP contribution in [0.4, 0.5) is 5.95 Å². The Hall–Kier alpha value is -1.78. The Morgan fingerprint density at radius 3 is 2.58 bits per heavy atom. The number of aromatic nitrogens is 3. The highest BCUT2D eigenvalue weighted by atomic mass is 16.5. The second-order valence-corrected chi connectivity index (χ2v) is 5.18. The fraction of sp³-hybridized carbons (Fsp3) is 0.571. The summed E-state index contributed by atoms with van der Waals surface area (Å²) < 4.78 is 7.31. The number of methoxy groups -OCH3 is 1. The molecule has 1 aliphatic rings. The van der Waals surface area contributed by atoms with E-state index < -0.39 is 0 Å². The van der Waals surface area contributed by atoms with Crippen LogP contribution in [0.25, 0.3) is 11.2 Å². The van der Waals surface area contributed by atoms with E-state index in [1.165, 1.54) is 25.7 Å². The Kier molecular flexibility index (Phi) is 3.27. The number of imidazole rings is 1. The van der Waals surface area contributed by atoms with E-state index in [0.29, 0.717) is 17.9 Å². The summed E-state index contributed by atoms with van der Waals surface area (Å²) in [6, 6.07) is 4.17. The summed E-state index contributed by atoms with van der Waals surface area (Å²) in [6.45, 7) is 0. The lowest BCUT2D eigenvalue weighted by molar-refractivity contribution is 0.397. The summed E-state index contributed by atoms with van der Waals surface area (Å²) in [4.78, 5) is 8.94. The van der Waals surface area contributed by atoms with Crippen molar-refractivity contribution in [2.24, 2.45) is 0 Å². The first kappa shape index (κ1) is 12.3. The van der Waals surface area contributed by atoms with Gasteiger partial charge in [0, 0.05) is 12.1 Å². The van der Waals surface area contributed by atoms with Crippen molar-refractivity contribution in [1.82, 2.24) is 14.5 Å². The third-order valence-corrected chi connectivity index (χ3v) is 3.94. The molecule has 0 aliphatic heterocycles. The first-order valence-electron chi connectivity index (χ1n) is 6.98. The van der Waals surface area contributed by atoms with Crippen molar-refractivity contribution in [2.75, 3.05) is 12.8 Å². The zero-order chi connectivity index (χ0) is 13.2. The monoisotopic (exact) mass is 260 g/mol. The predicted octanol–water partition coefficient (Wildman–Crippen LogP) is 2.92. The van der Waals surface area contributed by atoms with Gasteiger partial charge >= 0.3 is 0 Å². The van der Waals surface area contributed by atoms with Crippen molar-refractivity contribution in [1.29, 1.82) is 0 Å². The molecule has 1 aliphatic carbocycles. The van der Waals surface area contributed by atoms with E-state index in [1.807, 2.05) is 12.1 Å². The van der Waals surface area contributed by atoms with Crippen LogP contribution in [0.3, 0.4) is 0 Å². The van der Waals surface area contributed by atoms with Crippen molar-refractivity contribution in [3.63, 3.8) is 0 Å². The Bertz CT molecular complexity index is 570. The average molecular weight is 260 g/mol. The number of nitrogens with zero attached hydrogens (tertiary/aromatic N) is 3. The minimum atomic E-state index is 0.423. The second kappa shape index (κ2) is 5.07. The zero-order valence-corrected chi connectivity index (χ0v) is 11.3. The summed E-state index contributed by atoms with van der Waals surface area (Å²) >= 11 is 0. The number of hydrogen-bond donors (Lipinski definition) is 1. The van der Waals surface area contributed by atoms with Crippen LogP contribution in [-0.2, 0) is 0 Å². The van der Waals surface area contributed by atoms with Gasteiger partial charge in [0.05, 0.1) is 7.11 Å². The van der Waals surface area contributed by atoms with Crippen LogP contribution in [0.1, 0.15) is 44.6 Å². The van der Waals surface area contributed by atoms with E-state index in [-0.39, 0.29) is 0 Å². The van der Waals surface area contributed by atoms with Gasteiger partial charge in [-0.05, 0) is 18.9 Å². The Morgan fingerprint density at radius 1 is 1.16 bits per heavy atom. The zero-order valence-electron chi connectivity index (χ0n) is 11.3. The molecule has 0 atom stereocenters. The highest BCUT2D eigenvalue weighted by Crippen LogP contribution is 2.32. The Balaban J connectivity index is 2.07. The fourth-order valence-corrected chi connectivity index (χ4v) is 2.96. The fourth-order valence-electron chi connectivity index (χ4n) is 2.96. The molecular weight excluding hydrogens is 240 g/mol. The van der Waals surface area contributed by atoms with Crippen LogP contribution in [0.15, 0.2) is 12.1 Å². The standard InChI is InChI=1S/C14H20N4O/c1-19-12-9-8-11-13(17-12)18(14(15)16-11)10-6-4-2-3-5-7-10/h8-10H,2-7H2,1H3,(H2,15,16). The third-order valence-electron chi connectivity index (χ3n) is 3.94. The van der Waals surface area contributed by atoms with Gasteiger partial charge in [0.15, 0.2) is 5.65 Å². The number of anilines is 1. The highest BCUT2D eigenvalue weighted by molar-refractivity contribution is 5.75. The minimum Gasteiger partial charge on any atom is -0.481 e. The number of hydrogen-bond acceptors (Lipinski definition) is 4. The molecule has 5 nitrogen and oxygen atoms in total. The largest absolute Gasteiger partial charge is 0.481 e. The van der Waals surface area contributed by atoms with Gasteiger partial charge in [-0.3, -0.25) is 4.57 Å². The SMILES string of the molecule is COc1ccc2nc(N)n(C3CCCCCC3)c2n1. The average Bonchev–Trinajstić information content (AvgIpc) is 2.61. The molecule has 0 amide bonds. The lowest BCUT2D eigenvalue weighted by Crippen LogP contribution is -2.12. The topological polar surface area (TPSA) is 66.0 Å². The first-order valence-corrected chi connectivity index (χ1v) is 6.98. The number of nitrogen functional groups attached to an aromatic ring is 1. The molecule has 5 heteroatoms. The molecule has 2 heterocycles. The molecule has 2 aromatic heterocycles. The molecule has 0 spiro atoms. The van der Waals surface area contributed by atoms with Gasteiger partial charge in [-0.1, -0.05) is 25.7 Å². The highest BCUT2D eigenvalue weighted by Gasteiger charge is 2.20. The molecule has 102 valence electrons. The minimum absolute atomic E-state index is 0.423. The molecule has 1 saturated carbocycles. The molecule has 1 fully saturated rings. The lowest BCUT2D eigenvalue weighted by atomic mass is 10.1. The number of fused-ring (bicyclic) bond motifs is 1. The van der Waals surface area contributed by atoms with Gasteiger partial charge in [0.2, 0.25) is 11.8 Å². The van der Waals surface area contributed by atoms with Gasteiger partial charge in [-0.15, -0.1) is 0 Å². The third kappa shape index (κ3) is 2.25. The van der Waals surface area contributed by atoms with Gasteiger partial charge in [-0.2, -0.15) is 4.98 Å². The van der Waals surface area contributed by atoms with Crippen LogP contribution >= 0.6 is 0 Å². The van der Waals surface area contributed by atoms with Crippen LogP contribution in [0.2, 0.25) is 0 Å². The predicted molar refractivity (Wildman–Crippen MR) is 75.2 cm³/mol. The maximum atomic E-state index is 6.10. The number of rotatable bonds is 2. The maximum absolute atomic E-state index is 6.10. The lowest BCUT2D eigenvalue weighted by Gasteiger charge is -2.17. The molecule has 0 bridgehead atoms. The summed E-state index contributed by atoms with van der Waals surface area (Å²) in [7, 11) is 1.63. The number of ether oxygens (including phenoxy) is 1. The van der Waals surface area contributed by atoms with Crippen LogP contribution in [0.5, 0.6) is 5.88 Å². The molecule has 0 radical (unpaired) electrons. The van der Waals surface area contributed by atoms with Crippen molar-refractivity contribution in [2.45, 2.75) is 44.6 Å². The Morgan fingerprint density at radius 2 is 1.89 bits per heavy atom. The van der Waals surface area contributed by atoms with E-state index in [9.17, 15) is 0 Å². The molecule has 0 aromatic carbocycles. The second-order valence-electron chi connectivity index (χ2n) is 5.18. The van der Waals surface area contributed by atoms with Crippen molar-refractivity contribution in [3.05, 3.63) is 12.1 Å². The smallest absolute Gasteiger partial charge is 0.215 e. The molecule has 3 rings (SSSR count). The van der Waals surface area contributed by atoms with E-state index in [0.717, 1.165) is 24.0 Å². The Labute approximate surface area is 112 Å². The van der Waals surface area contributed by atoms with Crippen molar-refractivity contribution >= 4 is 17.1 Å². The van der Waals surface area contributed by atoms with Gasteiger partial charge < -0.3 is 10.5 Å². The van der Waals surface area contributed by atoms with Gasteiger partial charge in [0.1, 0.15) is 5.52 Å². The quantitative estimate of drug-likeness (QED) is 0.843. The van der Waals surface area contributed by atoms with E-state index in [2.05, 4.69) is 14.5 Å². The molecule has 0 saturated heterocycles. The van der Waals surface area contributed by atoms with Crippen LogP contribution in [0, 0.1) is 0 Å². The summed E-state index contributed by atoms with van der Waals surface area (Å²) in [5.41, 5.74) is 7.80. The van der Waals surface area contributed by atoms with Crippen molar-refractivity contribution < 1.29 is 4.74 Å². The summed E-state index contributed by atoms with van der Waals surface area (Å²) in [5, 5.41) is 0. The van der Waals surface area contributed by atoms with Gasteiger partial charge in [-0.25, -0.2) is 4.98 Å². The molecule has 2 aromatic rings. The van der Waals surface area contributed by atoms with E-state index in [4.69, 9.17) is 10.5 Å². The first-order chi connectivity index (χ1) is 9.29.